The molecule has 0 unspecified atom stereocenters. The van der Waals surface area contributed by atoms with Gasteiger partial charge in [0.25, 0.3) is 0 Å². The number of nitrogens with one attached hydrogen (secondary N) is 1. The van der Waals surface area contributed by atoms with Crippen LogP contribution in [0.25, 0.3) is 0 Å². The first kappa shape index (κ1) is 17.2. The van der Waals surface area contributed by atoms with Crippen molar-refractivity contribution in [1.82, 2.24) is 4.98 Å². The van der Waals surface area contributed by atoms with Crippen molar-refractivity contribution < 1.29 is 29.0 Å². The Kier molecular flexibility index (Phi) is 6.55. The molecule has 1 N–H and O–H groups in total. The van der Waals surface area contributed by atoms with Gasteiger partial charge in [0.1, 0.15) is 5.82 Å². The Morgan fingerprint density at radius 3 is 2.18 bits per heavy atom. The maximum Gasteiger partial charge on any atom is 0.347 e. The third-order valence-electron chi connectivity index (χ3n) is 2.35. The number of anilines is 1. The first-order valence-corrected chi connectivity index (χ1v) is 6.47. The van der Waals surface area contributed by atoms with Gasteiger partial charge in [-0.05, 0) is 26.0 Å². The van der Waals surface area contributed by atoms with E-state index in [1.807, 2.05) is 0 Å². The lowest BCUT2D eigenvalue weighted by Gasteiger charge is -2.08. The molecule has 22 heavy (non-hydrogen) atoms. The molecule has 1 rings (SSSR count). The van der Waals surface area contributed by atoms with Crippen LogP contribution in [0.15, 0.2) is 30.1 Å². The first-order chi connectivity index (χ1) is 10.5. The Morgan fingerprint density at radius 1 is 1.18 bits per heavy atom. The highest BCUT2D eigenvalue weighted by atomic mass is 16.6. The van der Waals surface area contributed by atoms with E-state index >= 15 is 0 Å². The minimum Gasteiger partial charge on any atom is -0.545 e. The zero-order valence-corrected chi connectivity index (χ0v) is 12.1. The van der Waals surface area contributed by atoms with Crippen molar-refractivity contribution >= 4 is 23.7 Å². The summed E-state index contributed by atoms with van der Waals surface area (Å²) < 4.78 is 9.51. The SMILES string of the molecule is CCOC(=O)C(=CNc1ccc(C(=O)[O-])cn1)C(=O)OCC. The molecular formula is C14H15N2O6-. The summed E-state index contributed by atoms with van der Waals surface area (Å²) in [6.07, 6.45) is 2.18. The topological polar surface area (TPSA) is 118 Å². The second-order valence-electron chi connectivity index (χ2n) is 3.86. The monoisotopic (exact) mass is 307 g/mol. The number of rotatable bonds is 7. The summed E-state index contributed by atoms with van der Waals surface area (Å²) in [5.74, 6) is -2.79. The minimum atomic E-state index is -1.35. The molecule has 118 valence electrons. The van der Waals surface area contributed by atoms with Crippen LogP contribution in [0.1, 0.15) is 24.2 Å². The minimum absolute atomic E-state index is 0.0921. The van der Waals surface area contributed by atoms with Gasteiger partial charge in [0.2, 0.25) is 0 Å². The maximum atomic E-state index is 11.7. The quantitative estimate of drug-likeness (QED) is 0.320. The lowest BCUT2D eigenvalue weighted by molar-refractivity contribution is -0.255. The van der Waals surface area contributed by atoms with Crippen LogP contribution in [-0.2, 0) is 19.1 Å². The Morgan fingerprint density at radius 2 is 1.77 bits per heavy atom. The van der Waals surface area contributed by atoms with E-state index in [0.717, 1.165) is 12.4 Å². The Hall–Kier alpha value is -2.90. The second kappa shape index (κ2) is 8.40. The summed E-state index contributed by atoms with van der Waals surface area (Å²) in [5, 5.41) is 13.2. The summed E-state index contributed by atoms with van der Waals surface area (Å²) in [5.41, 5.74) is -0.417. The van der Waals surface area contributed by atoms with Crippen LogP contribution in [0.4, 0.5) is 5.82 Å². The summed E-state index contributed by atoms with van der Waals surface area (Å²) >= 11 is 0. The van der Waals surface area contributed by atoms with Gasteiger partial charge in [-0.15, -0.1) is 0 Å². The number of hydrogen-bond acceptors (Lipinski definition) is 8. The standard InChI is InChI=1S/C14H16N2O6/c1-3-21-13(19)10(14(20)22-4-2)8-16-11-6-5-9(7-15-11)12(17)18/h5-8H,3-4H2,1-2H3,(H,15,16)(H,17,18)/p-1. The number of aromatic nitrogens is 1. The van der Waals surface area contributed by atoms with E-state index in [9.17, 15) is 19.5 Å². The van der Waals surface area contributed by atoms with E-state index in [2.05, 4.69) is 10.3 Å². The Labute approximate surface area is 126 Å². The van der Waals surface area contributed by atoms with Gasteiger partial charge in [-0.3, -0.25) is 0 Å². The van der Waals surface area contributed by atoms with Gasteiger partial charge >= 0.3 is 11.9 Å². The van der Waals surface area contributed by atoms with E-state index in [-0.39, 0.29) is 30.2 Å². The average Bonchev–Trinajstić information content (AvgIpc) is 2.48. The summed E-state index contributed by atoms with van der Waals surface area (Å²) in [4.78, 5) is 37.8. The van der Waals surface area contributed by atoms with Gasteiger partial charge in [-0.25, -0.2) is 14.6 Å². The van der Waals surface area contributed by atoms with Crippen molar-refractivity contribution in [1.29, 1.82) is 0 Å². The molecule has 0 radical (unpaired) electrons. The molecule has 0 aliphatic carbocycles. The number of nitrogens with zero attached hydrogens (tertiary/aromatic N) is 1. The van der Waals surface area contributed by atoms with E-state index < -0.39 is 17.9 Å². The number of ether oxygens (including phenoxy) is 2. The molecule has 1 aromatic heterocycles. The second-order valence-corrected chi connectivity index (χ2v) is 3.86. The molecule has 0 saturated carbocycles. The molecule has 0 bridgehead atoms. The molecule has 0 aliphatic heterocycles. The van der Waals surface area contributed by atoms with Crippen LogP contribution in [0, 0.1) is 0 Å². The number of esters is 2. The van der Waals surface area contributed by atoms with E-state index in [0.29, 0.717) is 0 Å². The summed E-state index contributed by atoms with van der Waals surface area (Å²) in [7, 11) is 0. The number of carbonyl (C=O) groups is 3. The van der Waals surface area contributed by atoms with Crippen molar-refractivity contribution in [3.63, 3.8) is 0 Å². The molecule has 0 amide bonds. The molecule has 1 heterocycles. The number of carboxylic acid groups (broad SMARTS) is 1. The fourth-order valence-corrected chi connectivity index (χ4v) is 1.36. The van der Waals surface area contributed by atoms with Crippen molar-refractivity contribution in [3.05, 3.63) is 35.7 Å². The van der Waals surface area contributed by atoms with Crippen LogP contribution in [-0.4, -0.2) is 36.1 Å². The molecule has 0 spiro atoms. The largest absolute Gasteiger partial charge is 0.545 e. The summed E-state index contributed by atoms with van der Waals surface area (Å²) in [6.45, 7) is 3.42. The lowest BCUT2D eigenvalue weighted by Crippen LogP contribution is -2.22. The fraction of sp³-hybridized carbons (Fsp3) is 0.286. The van der Waals surface area contributed by atoms with Crippen molar-refractivity contribution in [2.75, 3.05) is 18.5 Å². The van der Waals surface area contributed by atoms with E-state index in [4.69, 9.17) is 9.47 Å². The van der Waals surface area contributed by atoms with Crippen molar-refractivity contribution in [3.8, 4) is 0 Å². The van der Waals surface area contributed by atoms with Gasteiger partial charge in [0, 0.05) is 18.0 Å². The normalized spacial score (nSPS) is 9.55. The molecule has 8 nitrogen and oxygen atoms in total. The van der Waals surface area contributed by atoms with Crippen LogP contribution < -0.4 is 10.4 Å². The van der Waals surface area contributed by atoms with Gasteiger partial charge in [0.05, 0.1) is 19.2 Å². The Bertz CT molecular complexity index is 560. The highest BCUT2D eigenvalue weighted by Gasteiger charge is 2.20. The molecule has 0 atom stereocenters. The highest BCUT2D eigenvalue weighted by Crippen LogP contribution is 2.07. The van der Waals surface area contributed by atoms with Gasteiger partial charge in [-0.1, -0.05) is 0 Å². The lowest BCUT2D eigenvalue weighted by atomic mass is 10.3. The zero-order chi connectivity index (χ0) is 16.5. The first-order valence-electron chi connectivity index (χ1n) is 6.47. The van der Waals surface area contributed by atoms with Crippen LogP contribution in [0.2, 0.25) is 0 Å². The van der Waals surface area contributed by atoms with Crippen molar-refractivity contribution in [2.45, 2.75) is 13.8 Å². The summed E-state index contributed by atoms with van der Waals surface area (Å²) in [6, 6.07) is 2.63. The van der Waals surface area contributed by atoms with Gasteiger partial charge in [-0.2, -0.15) is 0 Å². The predicted octanol–water partition coefficient (Wildman–Crippen LogP) is -0.133. The molecule has 0 aromatic carbocycles. The van der Waals surface area contributed by atoms with Crippen LogP contribution in [0.5, 0.6) is 0 Å². The third-order valence-corrected chi connectivity index (χ3v) is 2.35. The smallest absolute Gasteiger partial charge is 0.347 e. The molecule has 8 heteroatoms. The van der Waals surface area contributed by atoms with Crippen LogP contribution >= 0.6 is 0 Å². The molecule has 1 aromatic rings. The highest BCUT2D eigenvalue weighted by molar-refractivity contribution is 6.14. The number of aromatic carboxylic acids is 1. The average molecular weight is 307 g/mol. The third kappa shape index (κ3) is 4.89. The Balaban J connectivity index is 2.89. The fourth-order valence-electron chi connectivity index (χ4n) is 1.36. The van der Waals surface area contributed by atoms with E-state index in [1.165, 1.54) is 12.1 Å². The van der Waals surface area contributed by atoms with E-state index in [1.54, 1.807) is 13.8 Å². The van der Waals surface area contributed by atoms with Gasteiger partial charge < -0.3 is 24.7 Å². The maximum absolute atomic E-state index is 11.7. The predicted molar refractivity (Wildman–Crippen MR) is 73.5 cm³/mol. The number of carboxylic acids is 1. The number of carbonyl (C=O) groups excluding carboxylic acids is 3. The molecular weight excluding hydrogens is 292 g/mol. The van der Waals surface area contributed by atoms with Crippen LogP contribution in [0.3, 0.4) is 0 Å². The van der Waals surface area contributed by atoms with Gasteiger partial charge in [0.15, 0.2) is 5.57 Å². The number of pyridine rings is 1. The molecule has 0 aliphatic rings. The molecule has 0 fully saturated rings. The molecule has 0 saturated heterocycles. The van der Waals surface area contributed by atoms with Crippen molar-refractivity contribution in [2.24, 2.45) is 0 Å². The zero-order valence-electron chi connectivity index (χ0n) is 12.1. The number of hydrogen-bond donors (Lipinski definition) is 1.